The zero-order valence-electron chi connectivity index (χ0n) is 19.4. The van der Waals surface area contributed by atoms with E-state index in [2.05, 4.69) is 29.2 Å². The van der Waals surface area contributed by atoms with Gasteiger partial charge in [0.25, 0.3) is 0 Å². The lowest BCUT2D eigenvalue weighted by Crippen LogP contribution is -2.35. The summed E-state index contributed by atoms with van der Waals surface area (Å²) in [7, 11) is 0. The molecule has 2 fully saturated rings. The summed E-state index contributed by atoms with van der Waals surface area (Å²) in [5.41, 5.74) is 1.63. The maximum absolute atomic E-state index is 14.8. The maximum atomic E-state index is 14.8. The Hall–Kier alpha value is -2.40. The molecule has 0 radical (unpaired) electrons. The van der Waals surface area contributed by atoms with Crippen LogP contribution in [0.4, 0.5) is 4.39 Å². The Kier molecular flexibility index (Phi) is 6.85. The Morgan fingerprint density at radius 3 is 2.38 bits per heavy atom. The minimum absolute atomic E-state index is 0.00314. The third-order valence-corrected chi connectivity index (χ3v) is 6.17. The lowest BCUT2D eigenvalue weighted by Gasteiger charge is -2.32. The molecule has 0 unspecified atom stereocenters. The topological polar surface area (TPSA) is 38.8 Å². The predicted molar refractivity (Wildman–Crippen MR) is 123 cm³/mol. The van der Waals surface area contributed by atoms with Crippen LogP contribution in [0.5, 0.6) is 5.75 Å². The monoisotopic (exact) mass is 439 g/mol. The van der Waals surface area contributed by atoms with E-state index < -0.39 is 17.4 Å². The lowest BCUT2D eigenvalue weighted by atomic mass is 9.97. The number of nitrogens with zero attached hydrogens (tertiary/aromatic N) is 1. The number of piperidine rings is 1. The molecule has 4 nitrogen and oxygen atoms in total. The number of carbonyl (C=O) groups is 1. The number of hydrogen-bond donors (Lipinski definition) is 0. The van der Waals surface area contributed by atoms with E-state index in [0.29, 0.717) is 24.2 Å². The minimum Gasteiger partial charge on any atom is -0.493 e. The van der Waals surface area contributed by atoms with Gasteiger partial charge in [-0.3, -0.25) is 4.90 Å². The van der Waals surface area contributed by atoms with Crippen molar-refractivity contribution in [1.82, 2.24) is 4.90 Å². The van der Waals surface area contributed by atoms with Crippen molar-refractivity contribution in [2.75, 3.05) is 19.7 Å². The Morgan fingerprint density at radius 1 is 1.06 bits per heavy atom. The Balaban J connectivity index is 1.35. The number of likely N-dealkylation sites (tertiary alicyclic amines) is 1. The van der Waals surface area contributed by atoms with Gasteiger partial charge >= 0.3 is 5.97 Å². The number of hydrogen-bond acceptors (Lipinski definition) is 4. The molecule has 0 N–H and O–H groups in total. The highest BCUT2D eigenvalue weighted by Gasteiger charge is 2.31. The molecule has 4 rings (SSSR count). The zero-order chi connectivity index (χ0) is 22.7. The first-order valence-corrected chi connectivity index (χ1v) is 11.7. The molecule has 0 aromatic heterocycles. The van der Waals surface area contributed by atoms with Crippen LogP contribution < -0.4 is 4.74 Å². The Labute approximate surface area is 190 Å². The van der Waals surface area contributed by atoms with Crippen molar-refractivity contribution in [3.05, 3.63) is 65.0 Å². The highest BCUT2D eigenvalue weighted by Crippen LogP contribution is 2.45. The molecule has 0 spiro atoms. The number of rotatable bonds is 7. The maximum Gasteiger partial charge on any atom is 0.341 e. The first-order valence-electron chi connectivity index (χ1n) is 11.7. The molecular weight excluding hydrogens is 405 g/mol. The van der Waals surface area contributed by atoms with Crippen molar-refractivity contribution in [3.8, 4) is 5.75 Å². The van der Waals surface area contributed by atoms with Crippen LogP contribution in [0.2, 0.25) is 0 Å². The number of esters is 1. The van der Waals surface area contributed by atoms with E-state index in [1.165, 1.54) is 11.6 Å². The lowest BCUT2D eigenvalue weighted by molar-refractivity contribution is 0.00645. The molecule has 5 heteroatoms. The van der Waals surface area contributed by atoms with Gasteiger partial charge < -0.3 is 9.47 Å². The standard InChI is InChI=1S/C27H34FNO3/c1-27(2,3)32-26(30)23-15-22(21-9-10-21)25(16-24(23)28)31-18-20-11-13-29(14-12-20)17-19-7-5-4-6-8-19/h4-8,15-16,20-21H,9-14,17-18H2,1-3H3. The van der Waals surface area contributed by atoms with Crippen molar-refractivity contribution in [2.24, 2.45) is 5.92 Å². The SMILES string of the molecule is CC(C)(C)OC(=O)c1cc(C2CC2)c(OCC2CCN(Cc3ccccc3)CC2)cc1F. The highest BCUT2D eigenvalue weighted by molar-refractivity contribution is 5.90. The average Bonchev–Trinajstić information content (AvgIpc) is 3.58. The van der Waals surface area contributed by atoms with Gasteiger partial charge in [0.2, 0.25) is 0 Å². The molecule has 2 aromatic rings. The summed E-state index contributed by atoms with van der Waals surface area (Å²) in [5.74, 6) is 0.205. The summed E-state index contributed by atoms with van der Waals surface area (Å²) in [6.07, 6.45) is 4.25. The molecule has 2 aromatic carbocycles. The van der Waals surface area contributed by atoms with Crippen LogP contribution in [-0.4, -0.2) is 36.2 Å². The molecule has 2 aliphatic rings. The molecule has 1 heterocycles. The van der Waals surface area contributed by atoms with Gasteiger partial charge in [-0.15, -0.1) is 0 Å². The van der Waals surface area contributed by atoms with Crippen LogP contribution in [0.15, 0.2) is 42.5 Å². The predicted octanol–water partition coefficient (Wildman–Crippen LogP) is 5.95. The smallest absolute Gasteiger partial charge is 0.341 e. The molecular formula is C27H34FNO3. The van der Waals surface area contributed by atoms with Crippen LogP contribution in [0, 0.1) is 11.7 Å². The van der Waals surface area contributed by atoms with Crippen LogP contribution in [0.25, 0.3) is 0 Å². The summed E-state index contributed by atoms with van der Waals surface area (Å²) in [6, 6.07) is 13.6. The molecule has 1 saturated carbocycles. The van der Waals surface area contributed by atoms with E-state index in [1.807, 2.05) is 6.07 Å². The molecule has 0 atom stereocenters. The van der Waals surface area contributed by atoms with Gasteiger partial charge in [0.1, 0.15) is 17.2 Å². The Bertz CT molecular complexity index is 926. The van der Waals surface area contributed by atoms with Crippen molar-refractivity contribution in [1.29, 1.82) is 0 Å². The second-order valence-corrected chi connectivity index (χ2v) is 10.2. The van der Waals surface area contributed by atoms with Crippen molar-refractivity contribution in [2.45, 2.75) is 64.5 Å². The van der Waals surface area contributed by atoms with Crippen molar-refractivity contribution in [3.63, 3.8) is 0 Å². The third kappa shape index (κ3) is 6.10. The van der Waals surface area contributed by atoms with Gasteiger partial charge in [-0.1, -0.05) is 30.3 Å². The van der Waals surface area contributed by atoms with E-state index in [9.17, 15) is 9.18 Å². The third-order valence-electron chi connectivity index (χ3n) is 6.17. The fraction of sp³-hybridized carbons (Fsp3) is 0.519. The van der Waals surface area contributed by atoms with Gasteiger partial charge in [-0.05, 0) is 88.6 Å². The fourth-order valence-corrected chi connectivity index (χ4v) is 4.26. The van der Waals surface area contributed by atoms with Crippen molar-refractivity contribution >= 4 is 5.97 Å². The highest BCUT2D eigenvalue weighted by atomic mass is 19.1. The van der Waals surface area contributed by atoms with E-state index in [-0.39, 0.29) is 5.56 Å². The molecule has 1 aliphatic carbocycles. The summed E-state index contributed by atoms with van der Waals surface area (Å²) in [6.45, 7) is 9.02. The van der Waals surface area contributed by atoms with Crippen LogP contribution in [0.3, 0.4) is 0 Å². The summed E-state index contributed by atoms with van der Waals surface area (Å²) >= 11 is 0. The summed E-state index contributed by atoms with van der Waals surface area (Å²) in [5, 5.41) is 0. The summed E-state index contributed by atoms with van der Waals surface area (Å²) in [4.78, 5) is 14.9. The molecule has 0 amide bonds. The second-order valence-electron chi connectivity index (χ2n) is 10.2. The number of benzene rings is 2. The molecule has 0 bridgehead atoms. The van der Waals surface area contributed by atoms with Crippen LogP contribution in [-0.2, 0) is 11.3 Å². The first kappa shape index (κ1) is 22.8. The normalized spacial score (nSPS) is 17.9. The van der Waals surface area contributed by atoms with E-state index >= 15 is 0 Å². The van der Waals surface area contributed by atoms with Crippen molar-refractivity contribution < 1.29 is 18.7 Å². The van der Waals surface area contributed by atoms with Gasteiger partial charge in [-0.25, -0.2) is 9.18 Å². The summed E-state index contributed by atoms with van der Waals surface area (Å²) < 4.78 is 26.3. The quantitative estimate of drug-likeness (QED) is 0.500. The number of ether oxygens (including phenoxy) is 2. The van der Waals surface area contributed by atoms with Crippen LogP contribution in [0.1, 0.15) is 73.9 Å². The van der Waals surface area contributed by atoms with Gasteiger partial charge in [0.05, 0.1) is 12.2 Å². The fourth-order valence-electron chi connectivity index (χ4n) is 4.26. The average molecular weight is 440 g/mol. The van der Waals surface area contributed by atoms with E-state index in [0.717, 1.165) is 50.9 Å². The number of carbonyl (C=O) groups excluding carboxylic acids is 1. The zero-order valence-corrected chi connectivity index (χ0v) is 19.4. The second kappa shape index (κ2) is 9.62. The van der Waals surface area contributed by atoms with E-state index in [1.54, 1.807) is 26.8 Å². The minimum atomic E-state index is -0.659. The van der Waals surface area contributed by atoms with Gasteiger partial charge in [0.15, 0.2) is 0 Å². The van der Waals surface area contributed by atoms with Crippen LogP contribution >= 0.6 is 0 Å². The molecule has 1 saturated heterocycles. The number of halogens is 1. The largest absolute Gasteiger partial charge is 0.493 e. The first-order chi connectivity index (χ1) is 15.3. The van der Waals surface area contributed by atoms with E-state index in [4.69, 9.17) is 9.47 Å². The van der Waals surface area contributed by atoms with Gasteiger partial charge in [0, 0.05) is 12.6 Å². The Morgan fingerprint density at radius 2 is 1.75 bits per heavy atom. The molecule has 1 aliphatic heterocycles. The molecule has 32 heavy (non-hydrogen) atoms. The molecule has 172 valence electrons. The van der Waals surface area contributed by atoms with Gasteiger partial charge in [-0.2, -0.15) is 0 Å².